The number of aromatic nitrogens is 1. The van der Waals surface area contributed by atoms with E-state index in [0.29, 0.717) is 23.9 Å². The largest absolute Gasteiger partial charge is 0.361 e. The van der Waals surface area contributed by atoms with E-state index < -0.39 is 0 Å². The first kappa shape index (κ1) is 18.3. The Morgan fingerprint density at radius 1 is 0.906 bits per heavy atom. The standard InChI is InChI=1S/C30H28N2/c1-2-10-21(11-3-1)31-29-17-9-6-14-25(29)26-20-22(18-19-30(26)31)32-27-15-7-4-12-23(27)24-13-5-8-16-28(24)32/h1-5,7-12,15-17,19-20,22-24,27H,6,13-14,18H2. The maximum absolute atomic E-state index is 2.74. The van der Waals surface area contributed by atoms with E-state index >= 15 is 0 Å². The molecule has 2 nitrogen and oxygen atoms in total. The molecular weight excluding hydrogens is 388 g/mol. The maximum Gasteiger partial charge on any atom is 0.0548 e. The molecule has 0 bridgehead atoms. The van der Waals surface area contributed by atoms with Crippen LogP contribution < -0.4 is 10.6 Å². The minimum absolute atomic E-state index is 0.413. The predicted octanol–water partition coefficient (Wildman–Crippen LogP) is 4.66. The minimum Gasteiger partial charge on any atom is -0.361 e. The molecule has 1 aromatic carbocycles. The fourth-order valence-corrected chi connectivity index (χ4v) is 6.58. The van der Waals surface area contributed by atoms with Crippen molar-refractivity contribution in [1.29, 1.82) is 0 Å². The number of hydrogen-bond donors (Lipinski definition) is 0. The first-order valence-corrected chi connectivity index (χ1v) is 12.1. The Kier molecular flexibility index (Phi) is 4.08. The van der Waals surface area contributed by atoms with Crippen molar-refractivity contribution in [1.82, 2.24) is 9.47 Å². The molecule has 0 spiro atoms. The molecule has 0 amide bonds. The second-order valence-electron chi connectivity index (χ2n) is 9.56. The van der Waals surface area contributed by atoms with Gasteiger partial charge >= 0.3 is 0 Å². The maximum atomic E-state index is 2.74. The average Bonchev–Trinajstić information content (AvgIpc) is 3.37. The smallest absolute Gasteiger partial charge is 0.0548 e. The van der Waals surface area contributed by atoms with Gasteiger partial charge in [0, 0.05) is 39.5 Å². The van der Waals surface area contributed by atoms with Crippen molar-refractivity contribution in [2.75, 3.05) is 0 Å². The molecule has 2 heteroatoms. The molecule has 1 fully saturated rings. The third-order valence-corrected chi connectivity index (χ3v) is 7.92. The van der Waals surface area contributed by atoms with Gasteiger partial charge in [-0.15, -0.1) is 0 Å². The van der Waals surface area contributed by atoms with Crippen LogP contribution in [0.25, 0.3) is 23.9 Å². The highest BCUT2D eigenvalue weighted by Crippen LogP contribution is 2.46. The molecule has 7 rings (SSSR count). The fraction of sp³-hybridized carbons (Fsp3) is 0.267. The molecular formula is C30H28N2. The SMILES string of the molecule is C1=CCC2C(=C1)N(C1C=c3c4c(n(-c5ccccc5)c3=CC1)C=CCC4)C1C=CC=CC21. The average molecular weight is 417 g/mol. The third-order valence-electron chi connectivity index (χ3n) is 7.92. The van der Waals surface area contributed by atoms with Crippen LogP contribution in [0.4, 0.5) is 0 Å². The number of fused-ring (bicyclic) bond motifs is 6. The van der Waals surface area contributed by atoms with E-state index in [9.17, 15) is 0 Å². The molecule has 0 radical (unpaired) electrons. The summed E-state index contributed by atoms with van der Waals surface area (Å²) in [6.45, 7) is 0. The normalized spacial score (nSPS) is 28.9. The zero-order chi connectivity index (χ0) is 21.1. The molecule has 4 aliphatic carbocycles. The highest BCUT2D eigenvalue weighted by molar-refractivity contribution is 5.62. The Morgan fingerprint density at radius 3 is 2.75 bits per heavy atom. The Morgan fingerprint density at radius 2 is 1.81 bits per heavy atom. The Balaban J connectivity index is 1.39. The molecule has 1 saturated heterocycles. The summed E-state index contributed by atoms with van der Waals surface area (Å²) in [6, 6.07) is 11.7. The summed E-state index contributed by atoms with van der Waals surface area (Å²) in [7, 11) is 0. The summed E-state index contributed by atoms with van der Waals surface area (Å²) in [5.74, 6) is 1.21. The Bertz CT molecular complexity index is 1350. The van der Waals surface area contributed by atoms with Gasteiger partial charge < -0.3 is 9.47 Å². The van der Waals surface area contributed by atoms with Gasteiger partial charge in [-0.05, 0) is 55.5 Å². The van der Waals surface area contributed by atoms with Gasteiger partial charge in [-0.1, -0.05) is 72.9 Å². The zero-order valence-electron chi connectivity index (χ0n) is 18.3. The van der Waals surface area contributed by atoms with Gasteiger partial charge in [0.05, 0.1) is 12.1 Å². The summed E-state index contributed by atoms with van der Waals surface area (Å²) in [5, 5.41) is 2.85. The predicted molar refractivity (Wildman–Crippen MR) is 132 cm³/mol. The van der Waals surface area contributed by atoms with Crippen LogP contribution in [0, 0.1) is 11.8 Å². The molecule has 2 aromatic rings. The van der Waals surface area contributed by atoms with E-state index in [1.807, 2.05) is 0 Å². The van der Waals surface area contributed by atoms with Crippen LogP contribution in [-0.4, -0.2) is 21.6 Å². The molecule has 4 atom stereocenters. The first-order chi connectivity index (χ1) is 15.9. The quantitative estimate of drug-likeness (QED) is 0.692. The van der Waals surface area contributed by atoms with Gasteiger partial charge in [-0.3, -0.25) is 0 Å². The molecule has 5 aliphatic rings. The Labute approximate surface area is 189 Å². The highest BCUT2D eigenvalue weighted by Gasteiger charge is 2.45. The topological polar surface area (TPSA) is 8.17 Å². The number of hydrogen-bond acceptors (Lipinski definition) is 1. The molecule has 158 valence electrons. The van der Waals surface area contributed by atoms with E-state index in [1.165, 1.54) is 33.2 Å². The summed E-state index contributed by atoms with van der Waals surface area (Å²) in [6.07, 6.45) is 30.6. The van der Waals surface area contributed by atoms with E-state index in [4.69, 9.17) is 0 Å². The van der Waals surface area contributed by atoms with Gasteiger partial charge in [0.25, 0.3) is 0 Å². The van der Waals surface area contributed by atoms with E-state index in [-0.39, 0.29) is 0 Å². The van der Waals surface area contributed by atoms with Crippen molar-refractivity contribution >= 4 is 18.2 Å². The Hall–Kier alpha value is -3.26. The zero-order valence-corrected chi connectivity index (χ0v) is 18.3. The summed E-state index contributed by atoms with van der Waals surface area (Å²) in [4.78, 5) is 2.74. The van der Waals surface area contributed by atoms with Crippen molar-refractivity contribution < 1.29 is 0 Å². The lowest BCUT2D eigenvalue weighted by atomic mass is 9.83. The van der Waals surface area contributed by atoms with Crippen LogP contribution in [0.2, 0.25) is 0 Å². The third kappa shape index (κ3) is 2.59. The van der Waals surface area contributed by atoms with Gasteiger partial charge in [-0.2, -0.15) is 0 Å². The van der Waals surface area contributed by atoms with Gasteiger partial charge in [0.2, 0.25) is 0 Å². The van der Waals surface area contributed by atoms with E-state index in [0.717, 1.165) is 25.7 Å². The lowest BCUT2D eigenvalue weighted by Gasteiger charge is -2.35. The van der Waals surface area contributed by atoms with Crippen molar-refractivity contribution in [3.8, 4) is 5.69 Å². The van der Waals surface area contributed by atoms with Crippen LogP contribution in [-0.2, 0) is 6.42 Å². The number of likely N-dealkylation sites (tertiary alicyclic amines) is 1. The van der Waals surface area contributed by atoms with Crippen molar-refractivity contribution in [3.05, 3.63) is 106 Å². The minimum atomic E-state index is 0.413. The van der Waals surface area contributed by atoms with E-state index in [1.54, 1.807) is 0 Å². The van der Waals surface area contributed by atoms with Gasteiger partial charge in [-0.25, -0.2) is 0 Å². The molecule has 32 heavy (non-hydrogen) atoms. The fourth-order valence-electron chi connectivity index (χ4n) is 6.58. The number of para-hydroxylation sites is 1. The molecule has 2 heterocycles. The van der Waals surface area contributed by atoms with Crippen LogP contribution in [0.5, 0.6) is 0 Å². The molecule has 0 saturated carbocycles. The second-order valence-corrected chi connectivity index (χ2v) is 9.56. The number of benzene rings is 1. The summed E-state index contributed by atoms with van der Waals surface area (Å²) >= 11 is 0. The van der Waals surface area contributed by atoms with Crippen LogP contribution in [0.1, 0.15) is 30.5 Å². The van der Waals surface area contributed by atoms with E-state index in [2.05, 4.69) is 107 Å². The summed E-state index contributed by atoms with van der Waals surface area (Å²) in [5.41, 5.74) is 5.70. The molecule has 0 N–H and O–H groups in total. The lowest BCUT2D eigenvalue weighted by molar-refractivity contribution is 0.280. The highest BCUT2D eigenvalue weighted by atomic mass is 15.2. The summed E-state index contributed by atoms with van der Waals surface area (Å²) < 4.78 is 2.48. The molecule has 1 aliphatic heterocycles. The lowest BCUT2D eigenvalue weighted by Crippen LogP contribution is -2.43. The van der Waals surface area contributed by atoms with Crippen molar-refractivity contribution in [3.63, 3.8) is 0 Å². The number of nitrogens with zero attached hydrogens (tertiary/aromatic N) is 2. The number of rotatable bonds is 2. The second kappa shape index (κ2) is 7.13. The van der Waals surface area contributed by atoms with Crippen molar-refractivity contribution in [2.45, 2.75) is 37.8 Å². The van der Waals surface area contributed by atoms with Gasteiger partial charge in [0.1, 0.15) is 0 Å². The van der Waals surface area contributed by atoms with Crippen LogP contribution >= 0.6 is 0 Å². The number of allylic oxidation sites excluding steroid dienone is 7. The van der Waals surface area contributed by atoms with Crippen LogP contribution in [0.3, 0.4) is 0 Å². The monoisotopic (exact) mass is 416 g/mol. The van der Waals surface area contributed by atoms with Gasteiger partial charge in [0.15, 0.2) is 0 Å². The van der Waals surface area contributed by atoms with Crippen LogP contribution in [0.15, 0.2) is 84.6 Å². The molecule has 4 unspecified atom stereocenters. The first-order valence-electron chi connectivity index (χ1n) is 12.1. The molecule has 1 aromatic heterocycles. The van der Waals surface area contributed by atoms with Crippen molar-refractivity contribution in [2.24, 2.45) is 11.8 Å².